The molecular weight excluding hydrogens is 345 g/mol. The normalized spacial score (nSPS) is 15.6. The van der Waals surface area contributed by atoms with Crippen LogP contribution in [-0.4, -0.2) is 14.7 Å². The molecule has 0 fully saturated rings. The highest BCUT2D eigenvalue weighted by Gasteiger charge is 2.31. The number of aromatic hydroxyl groups is 1. The third kappa shape index (κ3) is 2.75. The highest BCUT2D eigenvalue weighted by Crippen LogP contribution is 2.32. The number of halogens is 3. The fourth-order valence-corrected chi connectivity index (χ4v) is 3.15. The molecule has 4 nitrogen and oxygen atoms in total. The van der Waals surface area contributed by atoms with E-state index in [0.717, 1.165) is 23.3 Å². The zero-order valence-electron chi connectivity index (χ0n) is 13.4. The van der Waals surface area contributed by atoms with Crippen molar-refractivity contribution in [3.63, 3.8) is 0 Å². The molecule has 1 N–H and O–H groups in total. The van der Waals surface area contributed by atoms with E-state index in [4.69, 9.17) is 0 Å². The maximum atomic E-state index is 12.9. The predicted molar refractivity (Wildman–Crippen MR) is 91.6 cm³/mol. The van der Waals surface area contributed by atoms with Gasteiger partial charge in [-0.25, -0.2) is 4.98 Å². The Morgan fingerprint density at radius 2 is 1.96 bits per heavy atom. The van der Waals surface area contributed by atoms with Crippen molar-refractivity contribution in [2.24, 2.45) is 0 Å². The summed E-state index contributed by atoms with van der Waals surface area (Å²) >= 11 is 0. The summed E-state index contributed by atoms with van der Waals surface area (Å²) < 4.78 is 40.3. The number of alkyl halides is 3. The number of nitrogens with zero attached hydrogens (tertiary/aromatic N) is 2. The molecule has 2 heterocycles. The average Bonchev–Trinajstić information content (AvgIpc) is 2.97. The fourth-order valence-electron chi connectivity index (χ4n) is 3.15. The first-order valence-corrected chi connectivity index (χ1v) is 7.95. The van der Waals surface area contributed by atoms with Crippen LogP contribution in [0, 0.1) is 0 Å². The van der Waals surface area contributed by atoms with Crippen LogP contribution in [0.5, 0.6) is 5.75 Å². The largest absolute Gasteiger partial charge is 0.508 e. The topological polar surface area (TPSA) is 55.1 Å². The van der Waals surface area contributed by atoms with Crippen molar-refractivity contribution in [2.45, 2.75) is 19.1 Å². The molecule has 0 saturated heterocycles. The lowest BCUT2D eigenvalue weighted by Gasteiger charge is -2.09. The highest BCUT2D eigenvalue weighted by atomic mass is 19.4. The van der Waals surface area contributed by atoms with Gasteiger partial charge in [0.15, 0.2) is 0 Å². The maximum absolute atomic E-state index is 12.9. The second-order valence-corrected chi connectivity index (χ2v) is 6.14. The number of rotatable bonds is 1. The van der Waals surface area contributed by atoms with Gasteiger partial charge in [0.1, 0.15) is 11.6 Å². The molecule has 0 spiro atoms. The van der Waals surface area contributed by atoms with Crippen molar-refractivity contribution < 1.29 is 18.3 Å². The SMILES string of the molecule is O=c1c2ccc(C(F)(F)F)cc2nc2n1CCC2=Cc1cccc(O)c1. The van der Waals surface area contributed by atoms with Crippen molar-refractivity contribution in [1.29, 1.82) is 0 Å². The molecule has 1 aliphatic rings. The molecule has 0 saturated carbocycles. The van der Waals surface area contributed by atoms with Crippen LogP contribution < -0.4 is 5.56 Å². The molecule has 2 aromatic carbocycles. The number of allylic oxidation sites excluding steroid dienone is 1. The van der Waals surface area contributed by atoms with Crippen LogP contribution in [0.2, 0.25) is 0 Å². The lowest BCUT2D eigenvalue weighted by Crippen LogP contribution is -2.21. The Balaban J connectivity index is 1.89. The Morgan fingerprint density at radius 3 is 2.69 bits per heavy atom. The summed E-state index contributed by atoms with van der Waals surface area (Å²) in [6.45, 7) is 0.419. The van der Waals surface area contributed by atoms with E-state index in [0.29, 0.717) is 18.8 Å². The van der Waals surface area contributed by atoms with Crippen LogP contribution >= 0.6 is 0 Å². The van der Waals surface area contributed by atoms with Gasteiger partial charge in [-0.3, -0.25) is 9.36 Å². The molecule has 7 heteroatoms. The fraction of sp³-hybridized carbons (Fsp3) is 0.158. The Labute approximate surface area is 145 Å². The highest BCUT2D eigenvalue weighted by molar-refractivity contribution is 5.85. The first-order valence-electron chi connectivity index (χ1n) is 7.95. The lowest BCUT2D eigenvalue weighted by atomic mass is 10.1. The quantitative estimate of drug-likeness (QED) is 0.714. The summed E-state index contributed by atoms with van der Waals surface area (Å²) in [5, 5.41) is 9.73. The van der Waals surface area contributed by atoms with Crippen molar-refractivity contribution in [2.75, 3.05) is 0 Å². The molecule has 3 aromatic rings. The van der Waals surface area contributed by atoms with E-state index in [1.54, 1.807) is 30.3 Å². The van der Waals surface area contributed by atoms with Gasteiger partial charge < -0.3 is 5.11 Å². The summed E-state index contributed by atoms with van der Waals surface area (Å²) in [4.78, 5) is 16.9. The monoisotopic (exact) mass is 358 g/mol. The maximum Gasteiger partial charge on any atom is 0.416 e. The van der Waals surface area contributed by atoms with E-state index in [1.165, 1.54) is 10.6 Å². The van der Waals surface area contributed by atoms with E-state index in [9.17, 15) is 23.1 Å². The standard InChI is InChI=1S/C19H13F3N2O2/c20-19(21,22)13-4-5-15-16(10-13)23-17-12(6-7-24(17)18(15)26)8-11-2-1-3-14(25)9-11/h1-5,8-10,25H,6-7H2. The summed E-state index contributed by atoms with van der Waals surface area (Å²) in [7, 11) is 0. The van der Waals surface area contributed by atoms with Crippen LogP contribution in [-0.2, 0) is 12.7 Å². The number of benzene rings is 2. The molecule has 1 aliphatic heterocycles. The van der Waals surface area contributed by atoms with Crippen molar-refractivity contribution in [1.82, 2.24) is 9.55 Å². The number of fused-ring (bicyclic) bond motifs is 2. The van der Waals surface area contributed by atoms with E-state index in [-0.39, 0.29) is 22.2 Å². The van der Waals surface area contributed by atoms with Crippen molar-refractivity contribution in [3.05, 3.63) is 69.8 Å². The third-order valence-corrected chi connectivity index (χ3v) is 4.39. The number of phenolic OH excluding ortho intramolecular Hbond substituents is 1. The van der Waals surface area contributed by atoms with Crippen LogP contribution in [0.1, 0.15) is 23.4 Å². The lowest BCUT2D eigenvalue weighted by molar-refractivity contribution is -0.137. The Kier molecular flexibility index (Phi) is 3.61. The molecule has 1 aromatic heterocycles. The molecule has 0 unspecified atom stereocenters. The summed E-state index contributed by atoms with van der Waals surface area (Å²) in [5.41, 5.74) is 0.315. The van der Waals surface area contributed by atoms with E-state index in [2.05, 4.69) is 4.98 Å². The molecule has 0 bridgehead atoms. The van der Waals surface area contributed by atoms with E-state index in [1.807, 2.05) is 0 Å². The number of aromatic nitrogens is 2. The van der Waals surface area contributed by atoms with Gasteiger partial charge in [-0.05, 0) is 54.0 Å². The smallest absolute Gasteiger partial charge is 0.416 e. The van der Waals surface area contributed by atoms with Gasteiger partial charge in [-0.2, -0.15) is 13.2 Å². The van der Waals surface area contributed by atoms with Gasteiger partial charge in [0.25, 0.3) is 5.56 Å². The first kappa shape index (κ1) is 16.4. The summed E-state index contributed by atoms with van der Waals surface area (Å²) in [5.74, 6) is 0.473. The zero-order chi connectivity index (χ0) is 18.5. The van der Waals surface area contributed by atoms with E-state index >= 15 is 0 Å². The molecule has 0 amide bonds. The Morgan fingerprint density at radius 1 is 1.15 bits per heavy atom. The van der Waals surface area contributed by atoms with Gasteiger partial charge in [-0.1, -0.05) is 12.1 Å². The summed E-state index contributed by atoms with van der Waals surface area (Å²) in [6.07, 6.45) is -2.17. The molecule has 132 valence electrons. The van der Waals surface area contributed by atoms with Gasteiger partial charge in [-0.15, -0.1) is 0 Å². The minimum Gasteiger partial charge on any atom is -0.508 e. The first-order chi connectivity index (χ1) is 12.3. The predicted octanol–water partition coefficient (Wildman–Crippen LogP) is 4.07. The summed E-state index contributed by atoms with van der Waals surface area (Å²) in [6, 6.07) is 9.57. The van der Waals surface area contributed by atoms with E-state index < -0.39 is 11.7 Å². The van der Waals surface area contributed by atoms with Gasteiger partial charge in [0.2, 0.25) is 0 Å². The van der Waals surface area contributed by atoms with Crippen molar-refractivity contribution in [3.8, 4) is 5.75 Å². The second kappa shape index (κ2) is 5.72. The molecule has 26 heavy (non-hydrogen) atoms. The number of hydrogen-bond donors (Lipinski definition) is 1. The van der Waals surface area contributed by atoms with Crippen LogP contribution in [0.3, 0.4) is 0 Å². The third-order valence-electron chi connectivity index (χ3n) is 4.39. The Hall–Kier alpha value is -3.09. The minimum absolute atomic E-state index is 0.0276. The van der Waals surface area contributed by atoms with Crippen LogP contribution in [0.15, 0.2) is 47.3 Å². The van der Waals surface area contributed by atoms with Gasteiger partial charge >= 0.3 is 6.18 Å². The Bertz CT molecular complexity index is 1110. The van der Waals surface area contributed by atoms with Crippen LogP contribution in [0.4, 0.5) is 13.2 Å². The molecule has 4 rings (SSSR count). The number of phenols is 1. The molecule has 0 radical (unpaired) electrons. The second-order valence-electron chi connectivity index (χ2n) is 6.14. The average molecular weight is 358 g/mol. The molecule has 0 atom stereocenters. The minimum atomic E-state index is -4.49. The van der Waals surface area contributed by atoms with Gasteiger partial charge in [0, 0.05) is 6.54 Å². The van der Waals surface area contributed by atoms with Gasteiger partial charge in [0.05, 0.1) is 16.5 Å². The zero-order valence-corrected chi connectivity index (χ0v) is 13.4. The number of hydrogen-bond acceptors (Lipinski definition) is 3. The molecule has 0 aliphatic carbocycles. The van der Waals surface area contributed by atoms with Crippen LogP contribution in [0.25, 0.3) is 22.6 Å². The molecular formula is C19H13F3N2O2. The van der Waals surface area contributed by atoms with Crippen molar-refractivity contribution >= 4 is 22.6 Å².